The van der Waals surface area contributed by atoms with Crippen LogP contribution in [0.5, 0.6) is 23.0 Å². The van der Waals surface area contributed by atoms with E-state index in [1.54, 1.807) is 38.1 Å². The molecule has 0 saturated carbocycles. The molecule has 0 spiro atoms. The van der Waals surface area contributed by atoms with Gasteiger partial charge in [-0.2, -0.15) is 0 Å². The van der Waals surface area contributed by atoms with Gasteiger partial charge in [0.15, 0.2) is 0 Å². The fourth-order valence-corrected chi connectivity index (χ4v) is 4.21. The lowest BCUT2D eigenvalue weighted by molar-refractivity contribution is -0.0229. The molecule has 1 aromatic heterocycles. The highest BCUT2D eigenvalue weighted by molar-refractivity contribution is 5.91. The monoisotopic (exact) mass is 436 g/mol. The Morgan fingerprint density at radius 1 is 1.09 bits per heavy atom. The van der Waals surface area contributed by atoms with Crippen LogP contribution in [0.3, 0.4) is 0 Å². The van der Waals surface area contributed by atoms with Crippen molar-refractivity contribution >= 4 is 17.0 Å². The van der Waals surface area contributed by atoms with Crippen LogP contribution in [0.25, 0.3) is 28.2 Å². The van der Waals surface area contributed by atoms with Crippen LogP contribution in [0.1, 0.15) is 38.8 Å². The van der Waals surface area contributed by atoms with E-state index in [1.165, 1.54) is 6.26 Å². The molecule has 0 amide bonds. The van der Waals surface area contributed by atoms with Crippen LogP contribution in [0, 0.1) is 0 Å². The van der Waals surface area contributed by atoms with Crippen LogP contribution >= 0.6 is 0 Å². The lowest BCUT2D eigenvalue weighted by Crippen LogP contribution is -2.39. The van der Waals surface area contributed by atoms with Gasteiger partial charge in [0.25, 0.3) is 0 Å². The van der Waals surface area contributed by atoms with Crippen LogP contribution in [-0.2, 0) is 6.42 Å². The summed E-state index contributed by atoms with van der Waals surface area (Å²) in [5, 5.41) is 32.1. The number of rotatable bonds is 2. The molecular weight excluding hydrogens is 412 g/mol. The van der Waals surface area contributed by atoms with Gasteiger partial charge in [-0.05, 0) is 52.0 Å². The number of aliphatic hydroxyl groups is 1. The van der Waals surface area contributed by atoms with Crippen LogP contribution < -0.4 is 14.9 Å². The van der Waals surface area contributed by atoms with Crippen molar-refractivity contribution < 1.29 is 29.2 Å². The van der Waals surface area contributed by atoms with Crippen molar-refractivity contribution in [2.24, 2.45) is 0 Å². The molecule has 2 aromatic carbocycles. The largest absolute Gasteiger partial charge is 0.507 e. The predicted molar refractivity (Wildman–Crippen MR) is 119 cm³/mol. The van der Waals surface area contributed by atoms with Gasteiger partial charge in [0.05, 0.1) is 16.7 Å². The Morgan fingerprint density at radius 2 is 1.84 bits per heavy atom. The van der Waals surface area contributed by atoms with Gasteiger partial charge in [0.1, 0.15) is 51.9 Å². The second kappa shape index (κ2) is 6.53. The number of benzene rings is 2. The Bertz CT molecular complexity index is 1360. The van der Waals surface area contributed by atoms with Gasteiger partial charge in [-0.25, -0.2) is 0 Å². The molecule has 0 unspecified atom stereocenters. The van der Waals surface area contributed by atoms with Gasteiger partial charge in [-0.15, -0.1) is 0 Å². The quantitative estimate of drug-likeness (QED) is 0.554. The third kappa shape index (κ3) is 3.04. The van der Waals surface area contributed by atoms with Crippen molar-refractivity contribution in [3.63, 3.8) is 0 Å². The van der Waals surface area contributed by atoms with Crippen LogP contribution in [0.15, 0.2) is 39.7 Å². The molecule has 166 valence electrons. The summed E-state index contributed by atoms with van der Waals surface area (Å²) in [5.74, 6) is 0.549. The summed E-state index contributed by atoms with van der Waals surface area (Å²) in [7, 11) is 0. The summed E-state index contributed by atoms with van der Waals surface area (Å²) in [5.41, 5.74) is -0.633. The van der Waals surface area contributed by atoms with E-state index in [0.717, 1.165) is 0 Å². The number of ether oxygens (including phenoxy) is 2. The summed E-state index contributed by atoms with van der Waals surface area (Å²) >= 11 is 0. The van der Waals surface area contributed by atoms with Crippen LogP contribution in [0.2, 0.25) is 0 Å². The molecule has 32 heavy (non-hydrogen) atoms. The van der Waals surface area contributed by atoms with E-state index in [2.05, 4.69) is 0 Å². The molecule has 3 N–H and O–H groups in total. The maximum absolute atomic E-state index is 13.4. The van der Waals surface area contributed by atoms with Gasteiger partial charge >= 0.3 is 0 Å². The van der Waals surface area contributed by atoms with Gasteiger partial charge in [0.2, 0.25) is 5.43 Å². The summed E-state index contributed by atoms with van der Waals surface area (Å²) in [4.78, 5) is 13.4. The molecule has 0 bridgehead atoms. The fraction of sp³-hybridized carbons (Fsp3) is 0.320. The molecule has 2 aliphatic rings. The van der Waals surface area contributed by atoms with E-state index in [9.17, 15) is 20.1 Å². The van der Waals surface area contributed by atoms with Gasteiger partial charge in [-0.3, -0.25) is 4.79 Å². The van der Waals surface area contributed by atoms with E-state index in [0.29, 0.717) is 22.6 Å². The predicted octanol–water partition coefficient (Wildman–Crippen LogP) is 4.13. The van der Waals surface area contributed by atoms with E-state index in [-0.39, 0.29) is 40.0 Å². The van der Waals surface area contributed by atoms with Crippen molar-refractivity contribution in [1.82, 2.24) is 0 Å². The van der Waals surface area contributed by atoms with Crippen molar-refractivity contribution in [3.8, 4) is 34.1 Å². The highest BCUT2D eigenvalue weighted by atomic mass is 16.5. The minimum atomic E-state index is -1.13. The minimum Gasteiger partial charge on any atom is -0.507 e. The molecule has 0 saturated heterocycles. The first-order valence-corrected chi connectivity index (χ1v) is 10.4. The highest BCUT2D eigenvalue weighted by Gasteiger charge is 2.37. The first kappa shape index (κ1) is 20.5. The standard InChI is InChI=1S/C25H24O7/c1-24(2)8-7-13-16(32-24)6-5-12(21(13)26)15-11-30-18-10-17-14(22(27)20(18)23(15)28)9-19(31-17)25(3,4)29/h5-8,10-11,19,26-27,29H,9H2,1-4H3/t19-/m0/s1. The molecular formula is C25H24O7. The Balaban J connectivity index is 1.66. The maximum atomic E-state index is 13.4. The lowest BCUT2D eigenvalue weighted by Gasteiger charge is -2.28. The van der Waals surface area contributed by atoms with E-state index in [1.807, 2.05) is 19.9 Å². The van der Waals surface area contributed by atoms with Crippen molar-refractivity contribution in [2.75, 3.05) is 0 Å². The zero-order valence-electron chi connectivity index (χ0n) is 18.2. The molecule has 2 aliphatic heterocycles. The normalized spacial score (nSPS) is 18.7. The van der Waals surface area contributed by atoms with Crippen LogP contribution in [0.4, 0.5) is 0 Å². The summed E-state index contributed by atoms with van der Waals surface area (Å²) in [6.07, 6.45) is 4.55. The average Bonchev–Trinajstić information content (AvgIpc) is 3.13. The van der Waals surface area contributed by atoms with Crippen molar-refractivity contribution in [1.29, 1.82) is 0 Å². The molecule has 0 radical (unpaired) electrons. The Labute approximate surface area is 184 Å². The summed E-state index contributed by atoms with van der Waals surface area (Å²) in [6.45, 7) is 7.06. The number of phenols is 2. The number of hydrogen-bond donors (Lipinski definition) is 3. The van der Waals surface area contributed by atoms with Crippen molar-refractivity contribution in [2.45, 2.75) is 51.4 Å². The molecule has 0 fully saturated rings. The second-order valence-corrected chi connectivity index (χ2v) is 9.43. The number of fused-ring (bicyclic) bond motifs is 3. The Morgan fingerprint density at radius 3 is 2.56 bits per heavy atom. The first-order valence-electron chi connectivity index (χ1n) is 10.4. The number of aromatic hydroxyl groups is 2. The molecule has 0 aliphatic carbocycles. The first-order chi connectivity index (χ1) is 15.0. The third-order valence-electron chi connectivity index (χ3n) is 6.04. The van der Waals surface area contributed by atoms with E-state index < -0.39 is 22.7 Å². The molecule has 3 aromatic rings. The summed E-state index contributed by atoms with van der Waals surface area (Å²) < 4.78 is 17.3. The minimum absolute atomic E-state index is 0.00583. The van der Waals surface area contributed by atoms with E-state index in [4.69, 9.17) is 13.9 Å². The smallest absolute Gasteiger partial charge is 0.204 e. The Kier molecular flexibility index (Phi) is 4.17. The maximum Gasteiger partial charge on any atom is 0.204 e. The Hall–Kier alpha value is -3.45. The zero-order valence-corrected chi connectivity index (χ0v) is 18.2. The number of hydrogen-bond acceptors (Lipinski definition) is 7. The fourth-order valence-electron chi connectivity index (χ4n) is 4.21. The molecule has 3 heterocycles. The highest BCUT2D eigenvalue weighted by Crippen LogP contribution is 2.44. The average molecular weight is 436 g/mol. The third-order valence-corrected chi connectivity index (χ3v) is 6.04. The molecule has 5 rings (SSSR count). The summed E-state index contributed by atoms with van der Waals surface area (Å²) in [6, 6.07) is 4.84. The molecule has 1 atom stereocenters. The SMILES string of the molecule is CC1(C)C=Cc2c(ccc(-c3coc4cc5c(c(O)c4c3=O)C[C@@H](C(C)(C)O)O5)c2O)O1. The van der Waals surface area contributed by atoms with E-state index >= 15 is 0 Å². The molecule has 7 heteroatoms. The second-order valence-electron chi connectivity index (χ2n) is 9.43. The van der Waals surface area contributed by atoms with Gasteiger partial charge in [-0.1, -0.05) is 0 Å². The number of phenolic OH excluding ortho intramolecular Hbond substituents is 2. The van der Waals surface area contributed by atoms with Gasteiger partial charge in [0, 0.05) is 23.6 Å². The lowest BCUT2D eigenvalue weighted by atomic mass is 9.95. The molecule has 7 nitrogen and oxygen atoms in total. The van der Waals surface area contributed by atoms with Gasteiger partial charge < -0.3 is 29.2 Å². The topological polar surface area (TPSA) is 109 Å². The van der Waals surface area contributed by atoms with Crippen LogP contribution in [-0.4, -0.2) is 32.6 Å². The zero-order chi connectivity index (χ0) is 23.0. The van der Waals surface area contributed by atoms with Crippen molar-refractivity contribution in [3.05, 3.63) is 51.9 Å².